The van der Waals surface area contributed by atoms with Gasteiger partial charge in [0.25, 0.3) is 0 Å². The highest BCUT2D eigenvalue weighted by Crippen LogP contribution is 2.24. The summed E-state index contributed by atoms with van der Waals surface area (Å²) >= 11 is 0. The first-order valence-corrected chi connectivity index (χ1v) is 6.19. The maximum atomic E-state index is 13.4. The molecule has 1 saturated carbocycles. The highest BCUT2D eigenvalue weighted by atomic mass is 19.1. The molecule has 0 amide bonds. The molecule has 0 aromatic heterocycles. The molecule has 2 atom stereocenters. The predicted molar refractivity (Wildman–Crippen MR) is 64.2 cm³/mol. The zero-order valence-electron chi connectivity index (χ0n) is 10.2. The zero-order chi connectivity index (χ0) is 12.1. The third kappa shape index (κ3) is 3.27. The Kier molecular flexibility index (Phi) is 4.51. The number of rotatable bonds is 4. The average molecular weight is 238 g/mol. The van der Waals surface area contributed by atoms with Gasteiger partial charge in [0.05, 0.1) is 18.8 Å². The van der Waals surface area contributed by atoms with Crippen LogP contribution in [0.5, 0.6) is 0 Å². The van der Waals surface area contributed by atoms with Crippen LogP contribution in [0.3, 0.4) is 0 Å². The van der Waals surface area contributed by atoms with Gasteiger partial charge in [0.15, 0.2) is 0 Å². The average Bonchev–Trinajstić information content (AvgIpc) is 2.38. The molecule has 1 fully saturated rings. The normalized spacial score (nSPS) is 24.8. The molecule has 1 aliphatic carbocycles. The number of halogens is 1. The van der Waals surface area contributed by atoms with E-state index in [-0.39, 0.29) is 18.0 Å². The van der Waals surface area contributed by atoms with E-state index >= 15 is 0 Å². The number of benzene rings is 1. The van der Waals surface area contributed by atoms with E-state index < -0.39 is 0 Å². The Bertz CT molecular complexity index is 354. The van der Waals surface area contributed by atoms with Gasteiger partial charge in [-0.2, -0.15) is 0 Å². The van der Waals surface area contributed by atoms with Crippen LogP contribution in [0.4, 0.5) is 4.39 Å². The fourth-order valence-corrected chi connectivity index (χ4v) is 2.34. The molecule has 0 spiro atoms. The largest absolute Gasteiger partial charge is 0.379 e. The Morgan fingerprint density at radius 2 is 1.88 bits per heavy atom. The van der Waals surface area contributed by atoms with E-state index in [1.165, 1.54) is 18.9 Å². The summed E-state index contributed by atoms with van der Waals surface area (Å²) in [4.78, 5) is 0. The molecule has 0 radical (unpaired) electrons. The maximum Gasteiger partial charge on any atom is 0.128 e. The summed E-state index contributed by atoms with van der Waals surface area (Å²) in [6, 6.07) is 6.75. The van der Waals surface area contributed by atoms with Crippen molar-refractivity contribution in [2.75, 3.05) is 7.11 Å². The molecule has 3 heteroatoms. The van der Waals surface area contributed by atoms with Crippen LogP contribution in [0.15, 0.2) is 24.3 Å². The summed E-state index contributed by atoms with van der Waals surface area (Å²) in [6.45, 7) is 0.331. The number of hydrogen-bond donors (Lipinski definition) is 0. The number of hydrogen-bond acceptors (Lipinski definition) is 2. The molecule has 0 heterocycles. The SMILES string of the molecule is CO[C@H]1CCCC[C@H]1OCc1ccccc1F. The molecular formula is C14H19FO2. The monoisotopic (exact) mass is 238 g/mol. The smallest absolute Gasteiger partial charge is 0.128 e. The van der Waals surface area contributed by atoms with E-state index in [2.05, 4.69) is 0 Å². The van der Waals surface area contributed by atoms with Crippen molar-refractivity contribution in [2.45, 2.75) is 44.5 Å². The van der Waals surface area contributed by atoms with E-state index in [1.54, 1.807) is 19.2 Å². The second-order valence-corrected chi connectivity index (χ2v) is 4.50. The van der Waals surface area contributed by atoms with Crippen LogP contribution in [-0.4, -0.2) is 19.3 Å². The Balaban J connectivity index is 1.90. The summed E-state index contributed by atoms with van der Waals surface area (Å²) in [5, 5.41) is 0. The van der Waals surface area contributed by atoms with Gasteiger partial charge >= 0.3 is 0 Å². The standard InChI is InChI=1S/C14H19FO2/c1-16-13-8-4-5-9-14(13)17-10-11-6-2-3-7-12(11)15/h2-3,6-7,13-14H,4-5,8-10H2,1H3/t13-,14+/m0/s1. The van der Waals surface area contributed by atoms with Gasteiger partial charge in [-0.1, -0.05) is 31.0 Å². The molecule has 0 bridgehead atoms. The van der Waals surface area contributed by atoms with Crippen LogP contribution in [0.25, 0.3) is 0 Å². The lowest BCUT2D eigenvalue weighted by Gasteiger charge is -2.30. The molecule has 17 heavy (non-hydrogen) atoms. The van der Waals surface area contributed by atoms with Gasteiger partial charge in [0.1, 0.15) is 5.82 Å². The molecule has 0 aliphatic heterocycles. The molecule has 2 nitrogen and oxygen atoms in total. The minimum absolute atomic E-state index is 0.105. The molecular weight excluding hydrogens is 219 g/mol. The highest BCUT2D eigenvalue weighted by molar-refractivity contribution is 5.16. The van der Waals surface area contributed by atoms with Crippen LogP contribution >= 0.6 is 0 Å². The zero-order valence-corrected chi connectivity index (χ0v) is 10.2. The van der Waals surface area contributed by atoms with Crippen molar-refractivity contribution >= 4 is 0 Å². The second kappa shape index (κ2) is 6.12. The molecule has 0 unspecified atom stereocenters. The third-order valence-electron chi connectivity index (χ3n) is 3.36. The van der Waals surface area contributed by atoms with Gasteiger partial charge in [-0.15, -0.1) is 0 Å². The van der Waals surface area contributed by atoms with Gasteiger partial charge in [-0.3, -0.25) is 0 Å². The van der Waals surface area contributed by atoms with Crippen LogP contribution < -0.4 is 0 Å². The lowest BCUT2D eigenvalue weighted by Crippen LogP contribution is -2.33. The maximum absolute atomic E-state index is 13.4. The van der Waals surface area contributed by atoms with Crippen molar-refractivity contribution in [3.63, 3.8) is 0 Å². The summed E-state index contributed by atoms with van der Waals surface area (Å²) in [7, 11) is 1.72. The van der Waals surface area contributed by atoms with Crippen molar-refractivity contribution in [2.24, 2.45) is 0 Å². The van der Waals surface area contributed by atoms with Crippen molar-refractivity contribution in [3.8, 4) is 0 Å². The fourth-order valence-electron chi connectivity index (χ4n) is 2.34. The van der Waals surface area contributed by atoms with Crippen LogP contribution in [-0.2, 0) is 16.1 Å². The first-order valence-electron chi connectivity index (χ1n) is 6.19. The minimum atomic E-state index is -0.197. The lowest BCUT2D eigenvalue weighted by atomic mass is 9.94. The summed E-state index contributed by atoms with van der Waals surface area (Å²) in [6.07, 6.45) is 4.68. The van der Waals surface area contributed by atoms with E-state index in [4.69, 9.17) is 9.47 Å². The summed E-state index contributed by atoms with van der Waals surface area (Å²) in [5.74, 6) is -0.197. The van der Waals surface area contributed by atoms with E-state index in [0.29, 0.717) is 12.2 Å². The van der Waals surface area contributed by atoms with Gasteiger partial charge < -0.3 is 9.47 Å². The molecule has 0 saturated heterocycles. The second-order valence-electron chi connectivity index (χ2n) is 4.50. The van der Waals surface area contributed by atoms with Crippen LogP contribution in [0.1, 0.15) is 31.2 Å². The Labute approximate surface area is 102 Å². The molecule has 1 aromatic carbocycles. The van der Waals surface area contributed by atoms with E-state index in [0.717, 1.165) is 12.8 Å². The predicted octanol–water partition coefficient (Wildman–Crippen LogP) is 3.30. The number of ether oxygens (including phenoxy) is 2. The minimum Gasteiger partial charge on any atom is -0.379 e. The lowest BCUT2D eigenvalue weighted by molar-refractivity contribution is -0.0835. The quantitative estimate of drug-likeness (QED) is 0.801. The number of methoxy groups -OCH3 is 1. The molecule has 0 N–H and O–H groups in total. The third-order valence-corrected chi connectivity index (χ3v) is 3.36. The highest BCUT2D eigenvalue weighted by Gasteiger charge is 2.25. The van der Waals surface area contributed by atoms with Gasteiger partial charge in [-0.25, -0.2) is 4.39 Å². The van der Waals surface area contributed by atoms with E-state index in [9.17, 15) is 4.39 Å². The molecule has 1 aliphatic rings. The van der Waals surface area contributed by atoms with Crippen molar-refractivity contribution in [1.82, 2.24) is 0 Å². The van der Waals surface area contributed by atoms with Crippen LogP contribution in [0.2, 0.25) is 0 Å². The molecule has 94 valence electrons. The van der Waals surface area contributed by atoms with Crippen LogP contribution in [0, 0.1) is 5.82 Å². The first-order chi connectivity index (χ1) is 8.31. The van der Waals surface area contributed by atoms with Gasteiger partial charge in [-0.05, 0) is 18.9 Å². The summed E-state index contributed by atoms with van der Waals surface area (Å²) in [5.41, 5.74) is 0.618. The van der Waals surface area contributed by atoms with Gasteiger partial charge in [0.2, 0.25) is 0 Å². The molecule has 1 aromatic rings. The molecule has 2 rings (SSSR count). The fraction of sp³-hybridized carbons (Fsp3) is 0.571. The Hall–Kier alpha value is -0.930. The van der Waals surface area contributed by atoms with Crippen molar-refractivity contribution < 1.29 is 13.9 Å². The van der Waals surface area contributed by atoms with E-state index in [1.807, 2.05) is 6.07 Å². The Morgan fingerprint density at radius 1 is 1.18 bits per heavy atom. The van der Waals surface area contributed by atoms with Crippen molar-refractivity contribution in [1.29, 1.82) is 0 Å². The topological polar surface area (TPSA) is 18.5 Å². The Morgan fingerprint density at radius 3 is 2.59 bits per heavy atom. The van der Waals surface area contributed by atoms with Crippen molar-refractivity contribution in [3.05, 3.63) is 35.6 Å². The summed E-state index contributed by atoms with van der Waals surface area (Å²) < 4.78 is 24.6. The first kappa shape index (κ1) is 12.5. The van der Waals surface area contributed by atoms with Gasteiger partial charge in [0, 0.05) is 12.7 Å².